The lowest BCUT2D eigenvalue weighted by Crippen LogP contribution is -2.12. The first-order valence-electron chi connectivity index (χ1n) is 4.63. The maximum Gasteiger partial charge on any atom is 0.183 e. The van der Waals surface area contributed by atoms with E-state index >= 15 is 0 Å². The van der Waals surface area contributed by atoms with Gasteiger partial charge in [0.15, 0.2) is 5.78 Å². The highest BCUT2D eigenvalue weighted by atomic mass is 16.1. The monoisotopic (exact) mass is 187 g/mol. The Balaban J connectivity index is 2.53. The van der Waals surface area contributed by atoms with Crippen LogP contribution in [0.15, 0.2) is 12.4 Å². The Labute approximate surface area is 80.6 Å². The van der Waals surface area contributed by atoms with Gasteiger partial charge in [-0.15, -0.1) is 0 Å². The zero-order valence-corrected chi connectivity index (χ0v) is 7.82. The summed E-state index contributed by atoms with van der Waals surface area (Å²) in [5.74, 6) is 0.128. The van der Waals surface area contributed by atoms with Crippen molar-refractivity contribution in [2.45, 2.75) is 19.8 Å². The molecule has 0 N–H and O–H groups in total. The molecule has 0 unspecified atom stereocenters. The van der Waals surface area contributed by atoms with E-state index in [0.717, 1.165) is 17.6 Å². The number of aryl methyl sites for hydroxylation is 2. The van der Waals surface area contributed by atoms with E-state index < -0.39 is 0 Å². The van der Waals surface area contributed by atoms with Crippen molar-refractivity contribution in [3.63, 3.8) is 0 Å². The number of hydrogen-bond donors (Lipinski definition) is 0. The second kappa shape index (κ2) is 2.41. The summed E-state index contributed by atoms with van der Waals surface area (Å²) in [5.41, 5.74) is 3.74. The number of nitrogens with zero attached hydrogens (tertiary/aromatic N) is 3. The molecule has 0 aromatic carbocycles. The van der Waals surface area contributed by atoms with E-state index in [1.807, 2.05) is 6.92 Å². The highest BCUT2D eigenvalue weighted by Gasteiger charge is 2.22. The van der Waals surface area contributed by atoms with Gasteiger partial charge in [-0.25, -0.2) is 9.50 Å². The summed E-state index contributed by atoms with van der Waals surface area (Å²) in [7, 11) is 0. The molecule has 70 valence electrons. The van der Waals surface area contributed by atoms with Gasteiger partial charge in [-0.1, -0.05) is 0 Å². The van der Waals surface area contributed by atoms with Crippen LogP contribution in [0.3, 0.4) is 0 Å². The Morgan fingerprint density at radius 3 is 3.14 bits per heavy atom. The van der Waals surface area contributed by atoms with Crippen LogP contribution in [-0.2, 0) is 6.42 Å². The van der Waals surface area contributed by atoms with Crippen molar-refractivity contribution in [1.29, 1.82) is 0 Å². The fourth-order valence-electron chi connectivity index (χ4n) is 2.05. The summed E-state index contributed by atoms with van der Waals surface area (Å²) in [4.78, 5) is 15.6. The summed E-state index contributed by atoms with van der Waals surface area (Å²) < 4.78 is 1.80. The molecular formula is C10H9N3O. The van der Waals surface area contributed by atoms with Crippen LogP contribution >= 0.6 is 0 Å². The summed E-state index contributed by atoms with van der Waals surface area (Å²) in [6.45, 7) is 1.99. The fraction of sp³-hybridized carbons (Fsp3) is 0.300. The van der Waals surface area contributed by atoms with Crippen molar-refractivity contribution in [3.05, 3.63) is 29.3 Å². The third-order valence-corrected chi connectivity index (χ3v) is 2.70. The van der Waals surface area contributed by atoms with Crippen LogP contribution in [0.4, 0.5) is 0 Å². The minimum absolute atomic E-state index is 0.128. The van der Waals surface area contributed by atoms with E-state index in [9.17, 15) is 4.79 Å². The molecule has 2 heterocycles. The number of ketones is 1. The Morgan fingerprint density at radius 1 is 1.43 bits per heavy atom. The lowest BCUT2D eigenvalue weighted by molar-refractivity contribution is 0.0976. The van der Waals surface area contributed by atoms with E-state index in [2.05, 4.69) is 16.1 Å². The normalized spacial score (nSPS) is 15.1. The number of carbonyl (C=O) groups is 1. The first-order valence-corrected chi connectivity index (χ1v) is 4.63. The van der Waals surface area contributed by atoms with Gasteiger partial charge in [0.05, 0.1) is 5.52 Å². The quantitative estimate of drug-likeness (QED) is 0.622. The Hall–Kier alpha value is -1.71. The van der Waals surface area contributed by atoms with Gasteiger partial charge in [0, 0.05) is 12.1 Å². The average Bonchev–Trinajstić information content (AvgIpc) is 2.52. The molecule has 0 saturated carbocycles. The summed E-state index contributed by atoms with van der Waals surface area (Å²) in [5, 5.41) is 4.13. The number of carbonyl (C=O) groups excluding carboxylic acids is 1. The number of Topliss-reactive ketones (excluding diaryl/α,β-unsaturated/α-hetero) is 1. The molecule has 0 aliphatic heterocycles. The SMILES string of the molecule is Cc1cc2c3c(ncnn13)C(=O)CC2. The smallest absolute Gasteiger partial charge is 0.183 e. The molecule has 4 nitrogen and oxygen atoms in total. The fourth-order valence-corrected chi connectivity index (χ4v) is 2.05. The molecule has 1 aliphatic rings. The minimum atomic E-state index is 0.128. The number of hydrogen-bond acceptors (Lipinski definition) is 3. The highest BCUT2D eigenvalue weighted by Crippen LogP contribution is 2.25. The molecule has 0 saturated heterocycles. The highest BCUT2D eigenvalue weighted by molar-refractivity contribution is 6.03. The molecule has 0 spiro atoms. The molecule has 3 rings (SSSR count). The first-order chi connectivity index (χ1) is 6.77. The third kappa shape index (κ3) is 0.801. The number of rotatable bonds is 0. The van der Waals surface area contributed by atoms with Crippen molar-refractivity contribution in [3.8, 4) is 0 Å². The van der Waals surface area contributed by atoms with Crippen LogP contribution in [-0.4, -0.2) is 20.4 Å². The molecule has 0 bridgehead atoms. The maximum absolute atomic E-state index is 11.6. The minimum Gasteiger partial charge on any atom is -0.292 e. The van der Waals surface area contributed by atoms with Gasteiger partial charge < -0.3 is 0 Å². The van der Waals surface area contributed by atoms with E-state index in [1.54, 1.807) is 4.52 Å². The molecule has 0 amide bonds. The van der Waals surface area contributed by atoms with Gasteiger partial charge in [-0.05, 0) is 25.0 Å². The van der Waals surface area contributed by atoms with Crippen LogP contribution < -0.4 is 0 Å². The second-order valence-electron chi connectivity index (χ2n) is 3.60. The Morgan fingerprint density at radius 2 is 2.29 bits per heavy atom. The lowest BCUT2D eigenvalue weighted by atomic mass is 9.99. The Kier molecular flexibility index (Phi) is 1.32. The topological polar surface area (TPSA) is 47.3 Å². The average molecular weight is 187 g/mol. The molecule has 1 aliphatic carbocycles. The molecular weight excluding hydrogens is 178 g/mol. The van der Waals surface area contributed by atoms with Crippen LogP contribution in [0.5, 0.6) is 0 Å². The molecule has 2 aromatic rings. The van der Waals surface area contributed by atoms with E-state index in [-0.39, 0.29) is 5.78 Å². The second-order valence-corrected chi connectivity index (χ2v) is 3.60. The van der Waals surface area contributed by atoms with E-state index in [4.69, 9.17) is 0 Å². The predicted molar refractivity (Wildman–Crippen MR) is 50.4 cm³/mol. The third-order valence-electron chi connectivity index (χ3n) is 2.70. The summed E-state index contributed by atoms with van der Waals surface area (Å²) in [6.07, 6.45) is 2.84. The predicted octanol–water partition coefficient (Wildman–Crippen LogP) is 1.17. The lowest BCUT2D eigenvalue weighted by Gasteiger charge is -2.09. The number of aromatic nitrogens is 3. The van der Waals surface area contributed by atoms with Crippen LogP contribution in [0.2, 0.25) is 0 Å². The summed E-state index contributed by atoms with van der Waals surface area (Å²) in [6, 6.07) is 2.08. The van der Waals surface area contributed by atoms with Gasteiger partial charge in [0.25, 0.3) is 0 Å². The zero-order chi connectivity index (χ0) is 9.71. The molecule has 2 aromatic heterocycles. The van der Waals surface area contributed by atoms with Gasteiger partial charge in [-0.3, -0.25) is 4.79 Å². The zero-order valence-electron chi connectivity index (χ0n) is 7.82. The van der Waals surface area contributed by atoms with Gasteiger partial charge in [0.1, 0.15) is 12.0 Å². The molecule has 4 heteroatoms. The van der Waals surface area contributed by atoms with Crippen LogP contribution in [0.1, 0.15) is 28.2 Å². The molecule has 0 fully saturated rings. The van der Waals surface area contributed by atoms with Crippen LogP contribution in [0, 0.1) is 6.92 Å². The van der Waals surface area contributed by atoms with Crippen molar-refractivity contribution in [2.75, 3.05) is 0 Å². The maximum atomic E-state index is 11.6. The van der Waals surface area contributed by atoms with Gasteiger partial charge in [-0.2, -0.15) is 5.10 Å². The first kappa shape index (κ1) is 7.67. The van der Waals surface area contributed by atoms with Gasteiger partial charge >= 0.3 is 0 Å². The van der Waals surface area contributed by atoms with Crippen molar-refractivity contribution in [1.82, 2.24) is 14.6 Å². The van der Waals surface area contributed by atoms with Crippen molar-refractivity contribution < 1.29 is 4.79 Å². The van der Waals surface area contributed by atoms with Crippen molar-refractivity contribution >= 4 is 11.3 Å². The van der Waals surface area contributed by atoms with Crippen LogP contribution in [0.25, 0.3) is 5.52 Å². The van der Waals surface area contributed by atoms with Crippen molar-refractivity contribution in [2.24, 2.45) is 0 Å². The van der Waals surface area contributed by atoms with E-state index in [0.29, 0.717) is 12.1 Å². The standard InChI is InChI=1S/C10H9N3O/c1-6-4-7-2-3-8(14)9-10(7)13(6)12-5-11-9/h4-5H,2-3H2,1H3. The molecule has 0 radical (unpaired) electrons. The summed E-state index contributed by atoms with van der Waals surface area (Å²) >= 11 is 0. The largest absolute Gasteiger partial charge is 0.292 e. The van der Waals surface area contributed by atoms with Gasteiger partial charge in [0.2, 0.25) is 0 Å². The Bertz CT molecular complexity index is 542. The van der Waals surface area contributed by atoms with E-state index in [1.165, 1.54) is 11.9 Å². The molecule has 14 heavy (non-hydrogen) atoms. The molecule has 0 atom stereocenters.